The third-order valence-corrected chi connectivity index (χ3v) is 4.69. The molecule has 0 aromatic carbocycles. The van der Waals surface area contributed by atoms with Gasteiger partial charge in [0.2, 0.25) is 0 Å². The van der Waals surface area contributed by atoms with Gasteiger partial charge in [-0.1, -0.05) is 6.42 Å². The lowest BCUT2D eigenvalue weighted by Gasteiger charge is -2.27. The van der Waals surface area contributed by atoms with Crippen LogP contribution in [-0.2, 0) is 0 Å². The molecule has 0 bridgehead atoms. The fourth-order valence-electron chi connectivity index (χ4n) is 2.52. The second-order valence-corrected chi connectivity index (χ2v) is 6.14. The molecule has 3 nitrogen and oxygen atoms in total. The molecule has 1 aliphatic rings. The van der Waals surface area contributed by atoms with Crippen molar-refractivity contribution in [2.75, 3.05) is 6.54 Å². The summed E-state index contributed by atoms with van der Waals surface area (Å²) in [6, 6.07) is 0.791. The molecule has 1 aromatic heterocycles. The maximum atomic E-state index is 6.01. The van der Waals surface area contributed by atoms with Gasteiger partial charge in [0, 0.05) is 17.1 Å². The average Bonchev–Trinajstić information content (AvgIpc) is 2.73. The molecule has 1 fully saturated rings. The molecule has 0 amide bonds. The first-order valence-electron chi connectivity index (χ1n) is 6.56. The molecule has 1 aromatic rings. The number of thiazole rings is 1. The molecule has 1 saturated carbocycles. The van der Waals surface area contributed by atoms with Crippen molar-refractivity contribution in [1.82, 2.24) is 10.3 Å². The predicted octanol–water partition coefficient (Wildman–Crippen LogP) is 2.62. The number of nitrogens with zero attached hydrogens (tertiary/aromatic N) is 1. The molecular formula is C13H23N3S. The van der Waals surface area contributed by atoms with E-state index in [2.05, 4.69) is 22.6 Å². The van der Waals surface area contributed by atoms with Gasteiger partial charge in [-0.25, -0.2) is 4.98 Å². The van der Waals surface area contributed by atoms with E-state index in [0.717, 1.165) is 18.2 Å². The van der Waals surface area contributed by atoms with Crippen LogP contribution in [0.4, 0.5) is 0 Å². The van der Waals surface area contributed by atoms with Crippen LogP contribution in [0, 0.1) is 12.8 Å². The minimum absolute atomic E-state index is 0.367. The first kappa shape index (κ1) is 13.0. The van der Waals surface area contributed by atoms with E-state index in [4.69, 9.17) is 5.73 Å². The summed E-state index contributed by atoms with van der Waals surface area (Å²) in [4.78, 5) is 4.52. The van der Waals surface area contributed by atoms with Gasteiger partial charge in [-0.15, -0.1) is 11.3 Å². The number of hydrogen-bond donors (Lipinski definition) is 2. The standard InChI is InChI=1S/C13H23N3S/c1-9-8-17-13(16-9)10(2)15-7-11-4-3-5-12(14)6-11/h8,10-12,15H,3-7,14H2,1-2H3. The van der Waals surface area contributed by atoms with Crippen molar-refractivity contribution >= 4 is 11.3 Å². The third-order valence-electron chi connectivity index (χ3n) is 3.54. The number of nitrogens with two attached hydrogens (primary N) is 1. The number of aryl methyl sites for hydroxylation is 1. The van der Waals surface area contributed by atoms with Crippen LogP contribution in [-0.4, -0.2) is 17.6 Å². The van der Waals surface area contributed by atoms with Gasteiger partial charge in [0.25, 0.3) is 0 Å². The highest BCUT2D eigenvalue weighted by atomic mass is 32.1. The number of aromatic nitrogens is 1. The molecule has 96 valence electrons. The van der Waals surface area contributed by atoms with E-state index >= 15 is 0 Å². The van der Waals surface area contributed by atoms with Crippen molar-refractivity contribution in [3.05, 3.63) is 16.1 Å². The summed E-state index contributed by atoms with van der Waals surface area (Å²) in [6.45, 7) is 5.32. The Morgan fingerprint density at radius 1 is 1.59 bits per heavy atom. The number of rotatable bonds is 4. The topological polar surface area (TPSA) is 50.9 Å². The molecule has 0 spiro atoms. The fraction of sp³-hybridized carbons (Fsp3) is 0.769. The van der Waals surface area contributed by atoms with E-state index in [0.29, 0.717) is 12.1 Å². The zero-order valence-corrected chi connectivity index (χ0v) is 11.6. The van der Waals surface area contributed by atoms with Crippen LogP contribution < -0.4 is 11.1 Å². The fourth-order valence-corrected chi connectivity index (χ4v) is 3.35. The van der Waals surface area contributed by atoms with Crippen molar-refractivity contribution in [2.45, 2.75) is 51.6 Å². The molecule has 3 N–H and O–H groups in total. The van der Waals surface area contributed by atoms with Crippen LogP contribution in [0.25, 0.3) is 0 Å². The van der Waals surface area contributed by atoms with Crippen LogP contribution in [0.1, 0.15) is 49.4 Å². The smallest absolute Gasteiger partial charge is 0.110 e. The van der Waals surface area contributed by atoms with E-state index in [-0.39, 0.29) is 0 Å². The maximum absolute atomic E-state index is 6.01. The minimum atomic E-state index is 0.367. The van der Waals surface area contributed by atoms with Gasteiger partial charge in [0.1, 0.15) is 5.01 Å². The SMILES string of the molecule is Cc1csc(C(C)NCC2CCCC(N)C2)n1. The summed E-state index contributed by atoms with van der Waals surface area (Å²) in [7, 11) is 0. The van der Waals surface area contributed by atoms with Gasteiger partial charge in [-0.3, -0.25) is 0 Å². The molecule has 0 saturated heterocycles. The summed E-state index contributed by atoms with van der Waals surface area (Å²) in [5, 5.41) is 6.91. The van der Waals surface area contributed by atoms with E-state index in [1.807, 2.05) is 6.92 Å². The second-order valence-electron chi connectivity index (χ2n) is 5.25. The molecule has 1 aliphatic carbocycles. The maximum Gasteiger partial charge on any atom is 0.110 e. The summed E-state index contributed by atoms with van der Waals surface area (Å²) >= 11 is 1.75. The van der Waals surface area contributed by atoms with Crippen molar-refractivity contribution in [3.63, 3.8) is 0 Å². The zero-order valence-electron chi connectivity index (χ0n) is 10.8. The quantitative estimate of drug-likeness (QED) is 0.867. The largest absolute Gasteiger partial charge is 0.328 e. The number of hydrogen-bond acceptors (Lipinski definition) is 4. The Labute approximate surface area is 108 Å². The van der Waals surface area contributed by atoms with E-state index < -0.39 is 0 Å². The first-order valence-corrected chi connectivity index (χ1v) is 7.44. The van der Waals surface area contributed by atoms with Gasteiger partial charge in [-0.2, -0.15) is 0 Å². The summed E-state index contributed by atoms with van der Waals surface area (Å²) in [5.41, 5.74) is 7.13. The minimum Gasteiger partial charge on any atom is -0.328 e. The Morgan fingerprint density at radius 3 is 3.06 bits per heavy atom. The van der Waals surface area contributed by atoms with Crippen molar-refractivity contribution < 1.29 is 0 Å². The Hall–Kier alpha value is -0.450. The second kappa shape index (κ2) is 5.94. The van der Waals surface area contributed by atoms with E-state index in [1.54, 1.807) is 11.3 Å². The van der Waals surface area contributed by atoms with Gasteiger partial charge >= 0.3 is 0 Å². The Kier molecular flexibility index (Phi) is 4.54. The van der Waals surface area contributed by atoms with Crippen LogP contribution in [0.15, 0.2) is 5.38 Å². The average molecular weight is 253 g/mol. The van der Waals surface area contributed by atoms with Gasteiger partial charge < -0.3 is 11.1 Å². The highest BCUT2D eigenvalue weighted by molar-refractivity contribution is 7.09. The number of nitrogens with one attached hydrogen (secondary N) is 1. The van der Waals surface area contributed by atoms with Crippen molar-refractivity contribution in [2.24, 2.45) is 11.7 Å². The third kappa shape index (κ3) is 3.76. The van der Waals surface area contributed by atoms with Crippen molar-refractivity contribution in [3.8, 4) is 0 Å². The molecule has 0 radical (unpaired) electrons. The Morgan fingerprint density at radius 2 is 2.41 bits per heavy atom. The molecular weight excluding hydrogens is 230 g/mol. The van der Waals surface area contributed by atoms with Crippen LogP contribution in [0.5, 0.6) is 0 Å². The molecule has 17 heavy (non-hydrogen) atoms. The van der Waals surface area contributed by atoms with Crippen LogP contribution >= 0.6 is 11.3 Å². The lowest BCUT2D eigenvalue weighted by Crippen LogP contribution is -2.34. The summed E-state index contributed by atoms with van der Waals surface area (Å²) < 4.78 is 0. The Balaban J connectivity index is 1.77. The van der Waals surface area contributed by atoms with Gasteiger partial charge in [0.05, 0.1) is 6.04 Å². The predicted molar refractivity (Wildman–Crippen MR) is 73.2 cm³/mol. The van der Waals surface area contributed by atoms with Crippen LogP contribution in [0.2, 0.25) is 0 Å². The summed E-state index contributed by atoms with van der Waals surface area (Å²) in [6.07, 6.45) is 5.00. The molecule has 0 aliphatic heterocycles. The van der Waals surface area contributed by atoms with Gasteiger partial charge in [-0.05, 0) is 45.6 Å². The Bertz CT molecular complexity index is 350. The summed E-state index contributed by atoms with van der Waals surface area (Å²) in [5.74, 6) is 0.752. The lowest BCUT2D eigenvalue weighted by molar-refractivity contribution is 0.302. The van der Waals surface area contributed by atoms with Crippen molar-refractivity contribution in [1.29, 1.82) is 0 Å². The highest BCUT2D eigenvalue weighted by Gasteiger charge is 2.20. The molecule has 2 rings (SSSR count). The monoisotopic (exact) mass is 253 g/mol. The molecule has 3 unspecified atom stereocenters. The zero-order chi connectivity index (χ0) is 12.3. The van der Waals surface area contributed by atoms with E-state index in [9.17, 15) is 0 Å². The van der Waals surface area contributed by atoms with Crippen LogP contribution in [0.3, 0.4) is 0 Å². The highest BCUT2D eigenvalue weighted by Crippen LogP contribution is 2.24. The lowest BCUT2D eigenvalue weighted by atomic mass is 9.86. The van der Waals surface area contributed by atoms with E-state index in [1.165, 1.54) is 30.7 Å². The molecule has 1 heterocycles. The normalized spacial score (nSPS) is 27.0. The molecule has 3 atom stereocenters. The first-order chi connectivity index (χ1) is 8.15. The van der Waals surface area contributed by atoms with Gasteiger partial charge in [0.15, 0.2) is 0 Å². The molecule has 4 heteroatoms.